The van der Waals surface area contributed by atoms with Crippen molar-refractivity contribution >= 4 is 5.84 Å². The maximum absolute atomic E-state index is 13.5. The van der Waals surface area contributed by atoms with Crippen LogP contribution in [0, 0.1) is 19.7 Å². The Morgan fingerprint density at radius 2 is 1.85 bits per heavy atom. The van der Waals surface area contributed by atoms with E-state index in [9.17, 15) is 4.39 Å². The summed E-state index contributed by atoms with van der Waals surface area (Å²) in [5.74, 6) is -0.0261. The van der Waals surface area contributed by atoms with Gasteiger partial charge in [-0.3, -0.25) is 4.99 Å². The normalized spacial score (nSPS) is 11.8. The first-order chi connectivity index (χ1) is 6.07. The molecule has 0 saturated heterocycles. The molecule has 2 nitrogen and oxygen atoms in total. The van der Waals surface area contributed by atoms with Gasteiger partial charge in [-0.1, -0.05) is 12.1 Å². The molecule has 3 heteroatoms. The summed E-state index contributed by atoms with van der Waals surface area (Å²) in [5, 5.41) is 0. The minimum Gasteiger partial charge on any atom is -0.383 e. The van der Waals surface area contributed by atoms with Crippen molar-refractivity contribution in [1.82, 2.24) is 0 Å². The first-order valence-corrected chi connectivity index (χ1v) is 4.06. The Hall–Kier alpha value is -1.38. The van der Waals surface area contributed by atoms with Crippen molar-refractivity contribution in [1.29, 1.82) is 0 Å². The summed E-state index contributed by atoms with van der Waals surface area (Å²) in [4.78, 5) is 3.78. The Bertz CT molecular complexity index is 356. The molecule has 1 rings (SSSR count). The van der Waals surface area contributed by atoms with Crippen molar-refractivity contribution in [3.05, 3.63) is 34.6 Å². The Morgan fingerprint density at radius 1 is 1.31 bits per heavy atom. The molecule has 0 aliphatic carbocycles. The summed E-state index contributed by atoms with van der Waals surface area (Å²) in [6.45, 7) is 3.52. The van der Waals surface area contributed by atoms with E-state index in [4.69, 9.17) is 5.73 Å². The van der Waals surface area contributed by atoms with Crippen LogP contribution in [0.3, 0.4) is 0 Å². The quantitative estimate of drug-likeness (QED) is 0.519. The molecule has 0 saturated carbocycles. The van der Waals surface area contributed by atoms with Crippen LogP contribution in [0.15, 0.2) is 17.1 Å². The van der Waals surface area contributed by atoms with Crippen molar-refractivity contribution in [3.8, 4) is 0 Å². The molecule has 0 bridgehead atoms. The Kier molecular flexibility index (Phi) is 2.66. The average Bonchev–Trinajstić information content (AvgIpc) is 2.12. The molecular formula is C10H13FN2. The molecule has 0 aromatic heterocycles. The van der Waals surface area contributed by atoms with Crippen LogP contribution in [0.5, 0.6) is 0 Å². The molecule has 0 aliphatic rings. The van der Waals surface area contributed by atoms with Gasteiger partial charge in [0.2, 0.25) is 0 Å². The van der Waals surface area contributed by atoms with E-state index in [1.807, 2.05) is 13.0 Å². The predicted molar refractivity (Wildman–Crippen MR) is 52.5 cm³/mol. The van der Waals surface area contributed by atoms with Gasteiger partial charge in [0, 0.05) is 7.05 Å². The molecule has 0 unspecified atom stereocenters. The third-order valence-corrected chi connectivity index (χ3v) is 2.04. The first kappa shape index (κ1) is 9.71. The van der Waals surface area contributed by atoms with Crippen molar-refractivity contribution in [3.63, 3.8) is 0 Å². The lowest BCUT2D eigenvalue weighted by Crippen LogP contribution is -2.17. The van der Waals surface area contributed by atoms with E-state index >= 15 is 0 Å². The lowest BCUT2D eigenvalue weighted by molar-refractivity contribution is 0.614. The standard InChI is InChI=1S/C10H13FN2/c1-6-4-5-7(2)9(11)8(6)10(12)13-3/h4-5H,1-3H3,(H2,12,13). The van der Waals surface area contributed by atoms with Gasteiger partial charge in [-0.2, -0.15) is 0 Å². The zero-order valence-corrected chi connectivity index (χ0v) is 8.06. The zero-order valence-electron chi connectivity index (χ0n) is 8.06. The van der Waals surface area contributed by atoms with Crippen LogP contribution in [0.4, 0.5) is 4.39 Å². The van der Waals surface area contributed by atoms with Crippen molar-refractivity contribution in [2.24, 2.45) is 10.7 Å². The van der Waals surface area contributed by atoms with Gasteiger partial charge in [0.15, 0.2) is 0 Å². The molecule has 0 radical (unpaired) electrons. The highest BCUT2D eigenvalue weighted by atomic mass is 19.1. The van der Waals surface area contributed by atoms with E-state index in [0.717, 1.165) is 5.56 Å². The highest BCUT2D eigenvalue weighted by Crippen LogP contribution is 2.16. The summed E-state index contributed by atoms with van der Waals surface area (Å²) < 4.78 is 13.5. The highest BCUT2D eigenvalue weighted by molar-refractivity contribution is 5.99. The van der Waals surface area contributed by atoms with Crippen LogP contribution < -0.4 is 5.73 Å². The molecule has 0 amide bonds. The van der Waals surface area contributed by atoms with E-state index in [0.29, 0.717) is 11.1 Å². The number of amidine groups is 1. The summed E-state index contributed by atoms with van der Waals surface area (Å²) in [5.41, 5.74) is 7.40. The van der Waals surface area contributed by atoms with E-state index < -0.39 is 0 Å². The zero-order chi connectivity index (χ0) is 10.0. The summed E-state index contributed by atoms with van der Waals surface area (Å²) in [6, 6.07) is 3.57. The Balaban J connectivity index is 3.42. The first-order valence-electron chi connectivity index (χ1n) is 4.06. The predicted octanol–water partition coefficient (Wildman–Crippen LogP) is 1.78. The van der Waals surface area contributed by atoms with Gasteiger partial charge in [0.1, 0.15) is 11.7 Å². The fraction of sp³-hybridized carbons (Fsp3) is 0.300. The van der Waals surface area contributed by atoms with Crippen LogP contribution in [0.25, 0.3) is 0 Å². The van der Waals surface area contributed by atoms with Crippen molar-refractivity contribution in [2.75, 3.05) is 7.05 Å². The van der Waals surface area contributed by atoms with Crippen molar-refractivity contribution in [2.45, 2.75) is 13.8 Å². The van der Waals surface area contributed by atoms with Crippen LogP contribution in [0.2, 0.25) is 0 Å². The average molecular weight is 180 g/mol. The number of hydrogen-bond acceptors (Lipinski definition) is 1. The number of rotatable bonds is 1. The largest absolute Gasteiger partial charge is 0.383 e. The molecule has 70 valence electrons. The second-order valence-corrected chi connectivity index (χ2v) is 3.00. The molecule has 1 aromatic rings. The van der Waals surface area contributed by atoms with Gasteiger partial charge >= 0.3 is 0 Å². The van der Waals surface area contributed by atoms with Gasteiger partial charge in [0.25, 0.3) is 0 Å². The van der Waals surface area contributed by atoms with E-state index in [1.54, 1.807) is 20.0 Å². The minimum absolute atomic E-state index is 0.249. The number of nitrogens with zero attached hydrogens (tertiary/aromatic N) is 1. The Labute approximate surface area is 77.3 Å². The Morgan fingerprint density at radius 3 is 2.38 bits per heavy atom. The van der Waals surface area contributed by atoms with Crippen LogP contribution >= 0.6 is 0 Å². The fourth-order valence-electron chi connectivity index (χ4n) is 1.20. The number of benzene rings is 1. The monoisotopic (exact) mass is 180 g/mol. The van der Waals surface area contributed by atoms with Crippen LogP contribution in [-0.4, -0.2) is 12.9 Å². The molecule has 0 aliphatic heterocycles. The van der Waals surface area contributed by atoms with Crippen molar-refractivity contribution < 1.29 is 4.39 Å². The molecule has 13 heavy (non-hydrogen) atoms. The second-order valence-electron chi connectivity index (χ2n) is 3.00. The number of halogens is 1. The molecule has 0 spiro atoms. The number of aliphatic imine (C=N–C) groups is 1. The summed E-state index contributed by atoms with van der Waals surface area (Å²) >= 11 is 0. The lowest BCUT2D eigenvalue weighted by Gasteiger charge is -2.07. The summed E-state index contributed by atoms with van der Waals surface area (Å²) in [7, 11) is 1.55. The molecule has 0 fully saturated rings. The van der Waals surface area contributed by atoms with Gasteiger partial charge in [-0.15, -0.1) is 0 Å². The fourth-order valence-corrected chi connectivity index (χ4v) is 1.20. The van der Waals surface area contributed by atoms with Crippen LogP contribution in [0.1, 0.15) is 16.7 Å². The minimum atomic E-state index is -0.275. The SMILES string of the molecule is CN=C(N)c1c(C)ccc(C)c1F. The maximum atomic E-state index is 13.5. The third kappa shape index (κ3) is 1.69. The molecule has 1 aromatic carbocycles. The smallest absolute Gasteiger partial charge is 0.137 e. The van der Waals surface area contributed by atoms with Gasteiger partial charge in [-0.25, -0.2) is 4.39 Å². The molecule has 2 N–H and O–H groups in total. The van der Waals surface area contributed by atoms with E-state index in [2.05, 4.69) is 4.99 Å². The van der Waals surface area contributed by atoms with Gasteiger partial charge in [-0.05, 0) is 25.0 Å². The van der Waals surface area contributed by atoms with E-state index in [-0.39, 0.29) is 11.7 Å². The number of hydrogen-bond donors (Lipinski definition) is 1. The topological polar surface area (TPSA) is 38.4 Å². The lowest BCUT2D eigenvalue weighted by atomic mass is 10.0. The molecule has 0 heterocycles. The van der Waals surface area contributed by atoms with Crippen LogP contribution in [-0.2, 0) is 0 Å². The maximum Gasteiger partial charge on any atom is 0.137 e. The highest BCUT2D eigenvalue weighted by Gasteiger charge is 2.10. The van der Waals surface area contributed by atoms with Gasteiger partial charge in [0.05, 0.1) is 5.56 Å². The third-order valence-electron chi connectivity index (χ3n) is 2.04. The van der Waals surface area contributed by atoms with E-state index in [1.165, 1.54) is 0 Å². The summed E-state index contributed by atoms with van der Waals surface area (Å²) in [6.07, 6.45) is 0. The number of aryl methyl sites for hydroxylation is 2. The number of nitrogens with two attached hydrogens (primary N) is 1. The second kappa shape index (κ2) is 3.56. The molecular weight excluding hydrogens is 167 g/mol. The molecule has 0 atom stereocenters. The van der Waals surface area contributed by atoms with Gasteiger partial charge < -0.3 is 5.73 Å².